The molecule has 1 aliphatic carbocycles. The Bertz CT molecular complexity index is 908. The van der Waals surface area contributed by atoms with Crippen LogP contribution in [-0.4, -0.2) is 24.4 Å². The molecule has 3 aromatic rings. The molecule has 0 fully saturated rings. The first-order valence-electron chi connectivity index (χ1n) is 9.74. The molecule has 0 heterocycles. The molecule has 29 heavy (non-hydrogen) atoms. The molecule has 0 bridgehead atoms. The lowest BCUT2D eigenvalue weighted by Gasteiger charge is -2.40. The lowest BCUT2D eigenvalue weighted by atomic mass is 9.65. The van der Waals surface area contributed by atoms with Crippen LogP contribution in [-0.2, 0) is 0 Å². The van der Waals surface area contributed by atoms with Crippen LogP contribution in [0.4, 0.5) is 0 Å². The summed E-state index contributed by atoms with van der Waals surface area (Å²) < 4.78 is 10.9. The molecule has 1 unspecified atom stereocenters. The minimum Gasteiger partial charge on any atom is -0.493 e. The Kier molecular flexibility index (Phi) is 5.07. The molecule has 1 aliphatic rings. The summed E-state index contributed by atoms with van der Waals surface area (Å²) >= 11 is 0. The topological polar surface area (TPSA) is 58.9 Å². The average molecular weight is 390 g/mol. The second kappa shape index (κ2) is 7.54. The fraction of sp³-hybridized carbons (Fsp3) is 0.280. The van der Waals surface area contributed by atoms with Gasteiger partial charge in [-0.1, -0.05) is 67.6 Å². The van der Waals surface area contributed by atoms with Crippen LogP contribution in [0.2, 0.25) is 0 Å². The summed E-state index contributed by atoms with van der Waals surface area (Å²) in [6.07, 6.45) is -1.75. The zero-order chi connectivity index (χ0) is 20.6. The van der Waals surface area contributed by atoms with E-state index in [1.807, 2.05) is 67.6 Å². The number of aliphatic hydroxyl groups is 2. The number of rotatable bonds is 5. The molecule has 150 valence electrons. The molecule has 0 aliphatic heterocycles. The van der Waals surface area contributed by atoms with Gasteiger partial charge in [-0.3, -0.25) is 0 Å². The highest BCUT2D eigenvalue weighted by Gasteiger charge is 2.55. The predicted molar refractivity (Wildman–Crippen MR) is 112 cm³/mol. The van der Waals surface area contributed by atoms with Crippen molar-refractivity contribution in [3.05, 3.63) is 95.1 Å². The Hall–Kier alpha value is -2.82. The molecule has 3 atom stereocenters. The molecule has 2 N–H and O–H groups in total. The SMILES string of the molecule is COc1cc2c(cc1OC)[C@H](O)C(C)(C(c1ccccc1)c1ccccc1)[C@@H]2O. The van der Waals surface area contributed by atoms with Gasteiger partial charge in [-0.2, -0.15) is 0 Å². The van der Waals surface area contributed by atoms with Crippen LogP contribution in [0.1, 0.15) is 47.3 Å². The van der Waals surface area contributed by atoms with Crippen LogP contribution in [0.15, 0.2) is 72.8 Å². The van der Waals surface area contributed by atoms with Crippen molar-refractivity contribution in [2.45, 2.75) is 25.0 Å². The summed E-state index contributed by atoms with van der Waals surface area (Å²) in [6, 6.07) is 23.6. The van der Waals surface area contributed by atoms with Crippen molar-refractivity contribution in [3.8, 4) is 11.5 Å². The quantitative estimate of drug-likeness (QED) is 0.667. The van der Waals surface area contributed by atoms with Crippen LogP contribution in [0.25, 0.3) is 0 Å². The standard InChI is InChI=1S/C25H26O4/c1-25(22(16-10-6-4-7-11-16)17-12-8-5-9-13-17)23(26)18-14-20(28-2)21(29-3)15-19(18)24(25)27/h4-15,22-24,26-27H,1-3H3/t23-,24+,25?. The average Bonchev–Trinajstić information content (AvgIpc) is 2.95. The van der Waals surface area contributed by atoms with E-state index in [1.54, 1.807) is 26.4 Å². The Morgan fingerprint density at radius 1 is 0.724 bits per heavy atom. The van der Waals surface area contributed by atoms with E-state index < -0.39 is 17.6 Å². The van der Waals surface area contributed by atoms with Gasteiger partial charge in [-0.15, -0.1) is 0 Å². The van der Waals surface area contributed by atoms with Gasteiger partial charge < -0.3 is 19.7 Å². The molecule has 0 saturated carbocycles. The Labute approximate surface area is 171 Å². The van der Waals surface area contributed by atoms with Gasteiger partial charge in [0.2, 0.25) is 0 Å². The summed E-state index contributed by atoms with van der Waals surface area (Å²) in [4.78, 5) is 0. The van der Waals surface area contributed by atoms with Gasteiger partial charge in [-0.05, 0) is 34.4 Å². The van der Waals surface area contributed by atoms with E-state index in [0.29, 0.717) is 22.6 Å². The van der Waals surface area contributed by atoms with E-state index in [0.717, 1.165) is 11.1 Å². The zero-order valence-corrected chi connectivity index (χ0v) is 16.9. The van der Waals surface area contributed by atoms with Crippen LogP contribution in [0.3, 0.4) is 0 Å². The van der Waals surface area contributed by atoms with Gasteiger partial charge in [0.15, 0.2) is 11.5 Å². The zero-order valence-electron chi connectivity index (χ0n) is 16.9. The maximum atomic E-state index is 11.5. The monoisotopic (exact) mass is 390 g/mol. The molecule has 0 radical (unpaired) electrons. The molecular formula is C25H26O4. The van der Waals surface area contributed by atoms with Gasteiger partial charge in [0.1, 0.15) is 0 Å². The number of benzene rings is 3. The summed E-state index contributed by atoms with van der Waals surface area (Å²) in [5.74, 6) is 0.870. The van der Waals surface area contributed by atoms with E-state index in [4.69, 9.17) is 9.47 Å². The molecule has 4 nitrogen and oxygen atoms in total. The molecular weight excluding hydrogens is 364 g/mol. The first-order valence-corrected chi connectivity index (χ1v) is 9.74. The van der Waals surface area contributed by atoms with Crippen molar-refractivity contribution in [1.29, 1.82) is 0 Å². The summed E-state index contributed by atoms with van der Waals surface area (Å²) in [7, 11) is 3.13. The maximum absolute atomic E-state index is 11.5. The Morgan fingerprint density at radius 2 is 1.10 bits per heavy atom. The third-order valence-corrected chi connectivity index (χ3v) is 6.24. The molecule has 4 heteroatoms. The molecule has 0 saturated heterocycles. The highest BCUT2D eigenvalue weighted by molar-refractivity contribution is 5.54. The molecule has 0 amide bonds. The molecule has 4 rings (SSSR count). The lowest BCUT2D eigenvalue weighted by Crippen LogP contribution is -2.34. The normalized spacial score (nSPS) is 23.1. The Morgan fingerprint density at radius 3 is 1.45 bits per heavy atom. The second-order valence-corrected chi connectivity index (χ2v) is 7.76. The molecule has 0 aromatic heterocycles. The van der Waals surface area contributed by atoms with Crippen LogP contribution in [0.5, 0.6) is 11.5 Å². The van der Waals surface area contributed by atoms with Crippen molar-refractivity contribution < 1.29 is 19.7 Å². The fourth-order valence-corrected chi connectivity index (χ4v) is 4.72. The minimum atomic E-state index is -0.877. The molecule has 0 spiro atoms. The maximum Gasteiger partial charge on any atom is 0.161 e. The van der Waals surface area contributed by atoms with Crippen LogP contribution in [0, 0.1) is 5.41 Å². The summed E-state index contributed by atoms with van der Waals surface area (Å²) in [5.41, 5.74) is 2.57. The number of hydrogen-bond acceptors (Lipinski definition) is 4. The van der Waals surface area contributed by atoms with Gasteiger partial charge in [0.05, 0.1) is 26.4 Å². The van der Waals surface area contributed by atoms with E-state index >= 15 is 0 Å². The van der Waals surface area contributed by atoms with Crippen LogP contribution < -0.4 is 9.47 Å². The van der Waals surface area contributed by atoms with Gasteiger partial charge >= 0.3 is 0 Å². The minimum absolute atomic E-state index is 0.209. The van der Waals surface area contributed by atoms with Crippen molar-refractivity contribution in [1.82, 2.24) is 0 Å². The summed E-state index contributed by atoms with van der Waals surface area (Å²) in [5, 5.41) is 23.0. The highest BCUT2D eigenvalue weighted by atomic mass is 16.5. The largest absolute Gasteiger partial charge is 0.493 e. The first-order chi connectivity index (χ1) is 14.0. The second-order valence-electron chi connectivity index (χ2n) is 7.76. The number of aliphatic hydroxyl groups excluding tert-OH is 2. The van der Waals surface area contributed by atoms with Crippen molar-refractivity contribution in [2.75, 3.05) is 14.2 Å². The Balaban J connectivity index is 1.91. The van der Waals surface area contributed by atoms with E-state index in [-0.39, 0.29) is 5.92 Å². The van der Waals surface area contributed by atoms with Crippen LogP contribution >= 0.6 is 0 Å². The number of fused-ring (bicyclic) bond motifs is 1. The van der Waals surface area contributed by atoms with E-state index in [2.05, 4.69) is 0 Å². The third kappa shape index (κ3) is 3.00. The predicted octanol–water partition coefficient (Wildman–Crippen LogP) is 4.62. The summed E-state index contributed by atoms with van der Waals surface area (Å²) in [6.45, 7) is 1.95. The van der Waals surface area contributed by atoms with Gasteiger partial charge in [0.25, 0.3) is 0 Å². The van der Waals surface area contributed by atoms with E-state index in [1.165, 1.54) is 0 Å². The van der Waals surface area contributed by atoms with Crippen molar-refractivity contribution in [2.24, 2.45) is 5.41 Å². The number of methoxy groups -OCH3 is 2. The number of hydrogen-bond donors (Lipinski definition) is 2. The van der Waals surface area contributed by atoms with E-state index in [9.17, 15) is 10.2 Å². The molecule has 3 aromatic carbocycles. The van der Waals surface area contributed by atoms with Gasteiger partial charge in [-0.25, -0.2) is 0 Å². The number of ether oxygens (including phenoxy) is 2. The highest BCUT2D eigenvalue weighted by Crippen LogP contribution is 2.62. The van der Waals surface area contributed by atoms with Crippen molar-refractivity contribution in [3.63, 3.8) is 0 Å². The van der Waals surface area contributed by atoms with Gasteiger partial charge in [0, 0.05) is 11.3 Å². The first kappa shape index (κ1) is 19.5. The fourth-order valence-electron chi connectivity index (χ4n) is 4.72. The third-order valence-electron chi connectivity index (χ3n) is 6.24. The smallest absolute Gasteiger partial charge is 0.161 e. The van der Waals surface area contributed by atoms with Crippen molar-refractivity contribution >= 4 is 0 Å². The lowest BCUT2D eigenvalue weighted by molar-refractivity contribution is -0.0518.